The van der Waals surface area contributed by atoms with Gasteiger partial charge in [0.1, 0.15) is 6.54 Å². The molecule has 2 aliphatic rings. The highest BCUT2D eigenvalue weighted by Gasteiger charge is 2.40. The van der Waals surface area contributed by atoms with E-state index in [1.54, 1.807) is 11.1 Å². The minimum Gasteiger partial charge on any atom is -1.00 e. The summed E-state index contributed by atoms with van der Waals surface area (Å²) in [5.74, 6) is 0.810. The molecule has 1 fully saturated rings. The Morgan fingerprint density at radius 1 is 1.17 bits per heavy atom. The van der Waals surface area contributed by atoms with E-state index in [0.717, 1.165) is 5.92 Å². The first kappa shape index (κ1) is 13.8. The van der Waals surface area contributed by atoms with Crippen molar-refractivity contribution in [2.24, 2.45) is 5.92 Å². The van der Waals surface area contributed by atoms with E-state index >= 15 is 0 Å². The summed E-state index contributed by atoms with van der Waals surface area (Å²) in [7, 11) is 0. The number of likely N-dealkylation sites (N-methyl/N-ethyl adjacent to an activating group) is 1. The molecule has 1 aromatic carbocycles. The minimum atomic E-state index is 0. The molecule has 0 amide bonds. The molecule has 0 radical (unpaired) electrons. The van der Waals surface area contributed by atoms with Crippen LogP contribution in [0.2, 0.25) is 0 Å². The highest BCUT2D eigenvalue weighted by Crippen LogP contribution is 2.37. The Balaban J connectivity index is 0.00000120. The number of benzene rings is 1. The topological polar surface area (TPSA) is 0 Å². The summed E-state index contributed by atoms with van der Waals surface area (Å²) in [5, 5.41) is 0. The van der Waals surface area contributed by atoms with Crippen molar-refractivity contribution >= 4 is 6.08 Å². The summed E-state index contributed by atoms with van der Waals surface area (Å²) in [6.45, 7) is 9.88. The van der Waals surface area contributed by atoms with Crippen LogP contribution in [-0.2, 0) is 6.42 Å². The fraction of sp³-hybridized carbons (Fsp3) is 0.500. The molecular formula is C16H22BrN. The molecule has 0 bridgehead atoms. The van der Waals surface area contributed by atoms with Gasteiger partial charge in [-0.3, -0.25) is 0 Å². The molecule has 1 aromatic rings. The molecule has 18 heavy (non-hydrogen) atoms. The summed E-state index contributed by atoms with van der Waals surface area (Å²) in [5.41, 5.74) is 4.71. The van der Waals surface area contributed by atoms with Crippen molar-refractivity contribution in [3.05, 3.63) is 41.0 Å². The fourth-order valence-electron chi connectivity index (χ4n) is 3.56. The largest absolute Gasteiger partial charge is 1.00 e. The molecule has 0 N–H and O–H groups in total. The van der Waals surface area contributed by atoms with E-state index in [9.17, 15) is 0 Å². The van der Waals surface area contributed by atoms with Gasteiger partial charge < -0.3 is 21.5 Å². The van der Waals surface area contributed by atoms with Crippen molar-refractivity contribution in [3.63, 3.8) is 0 Å². The van der Waals surface area contributed by atoms with Gasteiger partial charge in [0.2, 0.25) is 0 Å². The Morgan fingerprint density at radius 3 is 2.61 bits per heavy atom. The molecule has 3 rings (SSSR count). The molecule has 1 nitrogen and oxygen atoms in total. The van der Waals surface area contributed by atoms with Crippen LogP contribution in [0.4, 0.5) is 0 Å². The van der Waals surface area contributed by atoms with E-state index in [1.165, 1.54) is 42.6 Å². The van der Waals surface area contributed by atoms with Crippen LogP contribution in [-0.4, -0.2) is 30.7 Å². The Morgan fingerprint density at radius 2 is 1.89 bits per heavy atom. The molecule has 1 aliphatic carbocycles. The fourth-order valence-corrected chi connectivity index (χ4v) is 3.56. The second-order valence-corrected chi connectivity index (χ2v) is 5.63. The maximum atomic E-state index is 2.47. The van der Waals surface area contributed by atoms with Gasteiger partial charge in [-0.05, 0) is 43.0 Å². The SMILES string of the molecule is CC[N+]1(CC)CC2=Cc3ccccc3CC2C1.[Br-]. The third-order valence-corrected chi connectivity index (χ3v) is 4.85. The quantitative estimate of drug-likeness (QED) is 0.681. The zero-order valence-corrected chi connectivity index (χ0v) is 12.9. The molecule has 0 aromatic heterocycles. The summed E-state index contributed by atoms with van der Waals surface area (Å²) >= 11 is 0. The predicted octanol–water partition coefficient (Wildman–Crippen LogP) is 0.117. The number of nitrogens with zero attached hydrogens (tertiary/aromatic N) is 1. The van der Waals surface area contributed by atoms with E-state index in [4.69, 9.17) is 0 Å². The minimum absolute atomic E-state index is 0. The summed E-state index contributed by atoms with van der Waals surface area (Å²) in [4.78, 5) is 0. The number of halogens is 1. The van der Waals surface area contributed by atoms with Gasteiger partial charge in [-0.15, -0.1) is 0 Å². The number of rotatable bonds is 2. The Kier molecular flexibility index (Phi) is 3.98. The lowest BCUT2D eigenvalue weighted by Crippen LogP contribution is -3.00. The van der Waals surface area contributed by atoms with Gasteiger partial charge in [0.05, 0.1) is 19.6 Å². The zero-order valence-electron chi connectivity index (χ0n) is 11.3. The first-order valence-corrected chi connectivity index (χ1v) is 6.90. The molecule has 1 aliphatic heterocycles. The van der Waals surface area contributed by atoms with E-state index in [2.05, 4.69) is 44.2 Å². The van der Waals surface area contributed by atoms with Gasteiger partial charge in [0.15, 0.2) is 0 Å². The molecule has 1 atom stereocenters. The zero-order chi connectivity index (χ0) is 11.9. The number of hydrogen-bond donors (Lipinski definition) is 0. The number of likely N-dealkylation sites (tertiary alicyclic amines) is 1. The van der Waals surface area contributed by atoms with Crippen LogP contribution >= 0.6 is 0 Å². The Labute approximate surface area is 121 Å². The second kappa shape index (κ2) is 5.18. The number of quaternary nitrogens is 1. The van der Waals surface area contributed by atoms with Crippen molar-refractivity contribution in [2.45, 2.75) is 20.3 Å². The van der Waals surface area contributed by atoms with Crippen molar-refractivity contribution in [2.75, 3.05) is 26.2 Å². The van der Waals surface area contributed by atoms with Crippen molar-refractivity contribution in [3.8, 4) is 0 Å². The first-order chi connectivity index (χ1) is 8.26. The van der Waals surface area contributed by atoms with E-state index in [0.29, 0.717) is 0 Å². The smallest absolute Gasteiger partial charge is 0.101 e. The van der Waals surface area contributed by atoms with Gasteiger partial charge >= 0.3 is 0 Å². The Hall–Kier alpha value is -0.600. The van der Waals surface area contributed by atoms with Gasteiger partial charge in [-0.1, -0.05) is 24.3 Å². The van der Waals surface area contributed by atoms with Gasteiger partial charge in [-0.25, -0.2) is 0 Å². The van der Waals surface area contributed by atoms with Crippen molar-refractivity contribution in [1.29, 1.82) is 0 Å². The van der Waals surface area contributed by atoms with Gasteiger partial charge in [0.25, 0.3) is 0 Å². The molecule has 98 valence electrons. The maximum Gasteiger partial charge on any atom is 0.101 e. The van der Waals surface area contributed by atoms with Crippen LogP contribution in [0.15, 0.2) is 29.8 Å². The Bertz CT molecular complexity index is 460. The molecular weight excluding hydrogens is 286 g/mol. The van der Waals surface area contributed by atoms with E-state index in [1.807, 2.05) is 0 Å². The third-order valence-electron chi connectivity index (χ3n) is 4.85. The normalized spacial score (nSPS) is 23.7. The van der Waals surface area contributed by atoms with Gasteiger partial charge in [-0.2, -0.15) is 0 Å². The monoisotopic (exact) mass is 307 g/mol. The molecule has 1 heterocycles. The summed E-state index contributed by atoms with van der Waals surface area (Å²) < 4.78 is 1.30. The van der Waals surface area contributed by atoms with E-state index in [-0.39, 0.29) is 17.0 Å². The van der Waals surface area contributed by atoms with Crippen molar-refractivity contribution in [1.82, 2.24) is 0 Å². The average Bonchev–Trinajstić information content (AvgIpc) is 2.74. The average molecular weight is 308 g/mol. The molecule has 2 heteroatoms. The standard InChI is InChI=1S/C16H22N.BrH/c1-3-17(4-2)11-15-9-13-7-5-6-8-14(13)10-16(15)12-17;/h5-9,16H,3-4,10-12H2,1-2H3;1H/q+1;/p-1. The van der Waals surface area contributed by atoms with Crippen molar-refractivity contribution < 1.29 is 21.5 Å². The van der Waals surface area contributed by atoms with Gasteiger partial charge in [0, 0.05) is 5.92 Å². The summed E-state index contributed by atoms with van der Waals surface area (Å²) in [6.07, 6.45) is 3.73. The lowest BCUT2D eigenvalue weighted by molar-refractivity contribution is -0.912. The number of fused-ring (bicyclic) bond motifs is 2. The van der Waals surface area contributed by atoms with Crippen LogP contribution < -0.4 is 17.0 Å². The van der Waals surface area contributed by atoms with Crippen LogP contribution in [0.1, 0.15) is 25.0 Å². The molecule has 0 spiro atoms. The van der Waals surface area contributed by atoms with Crippen LogP contribution in [0.3, 0.4) is 0 Å². The molecule has 0 saturated carbocycles. The third kappa shape index (κ3) is 2.17. The van der Waals surface area contributed by atoms with E-state index < -0.39 is 0 Å². The predicted molar refractivity (Wildman–Crippen MR) is 72.7 cm³/mol. The van der Waals surface area contributed by atoms with Crippen LogP contribution in [0, 0.1) is 5.92 Å². The summed E-state index contributed by atoms with van der Waals surface area (Å²) in [6, 6.07) is 8.90. The van der Waals surface area contributed by atoms with Crippen LogP contribution in [0.25, 0.3) is 6.08 Å². The lowest BCUT2D eigenvalue weighted by atomic mass is 9.85. The molecule has 1 unspecified atom stereocenters. The lowest BCUT2D eigenvalue weighted by Gasteiger charge is -2.31. The maximum absolute atomic E-state index is 2.47. The highest BCUT2D eigenvalue weighted by molar-refractivity contribution is 5.61. The number of hydrogen-bond acceptors (Lipinski definition) is 0. The first-order valence-electron chi connectivity index (χ1n) is 6.90. The molecule has 1 saturated heterocycles. The highest BCUT2D eigenvalue weighted by atomic mass is 79.9. The van der Waals surface area contributed by atoms with Crippen LogP contribution in [0.5, 0.6) is 0 Å². The second-order valence-electron chi connectivity index (χ2n) is 5.63.